The lowest BCUT2D eigenvalue weighted by atomic mass is 10.1. The van der Waals surface area contributed by atoms with Gasteiger partial charge in [-0.05, 0) is 38.3 Å². The van der Waals surface area contributed by atoms with Crippen molar-refractivity contribution in [1.29, 1.82) is 0 Å². The van der Waals surface area contributed by atoms with Crippen LogP contribution in [0.4, 0.5) is 0 Å². The van der Waals surface area contributed by atoms with Crippen molar-refractivity contribution in [3.63, 3.8) is 0 Å². The maximum atomic E-state index is 11.1. The molecule has 1 aromatic carbocycles. The zero-order valence-electron chi connectivity index (χ0n) is 17.7. The molecule has 1 aliphatic heterocycles. The van der Waals surface area contributed by atoms with Crippen molar-refractivity contribution >= 4 is 16.0 Å². The van der Waals surface area contributed by atoms with Crippen LogP contribution in [0.15, 0.2) is 23.2 Å². The summed E-state index contributed by atoms with van der Waals surface area (Å²) in [6.07, 6.45) is 2.87. The Balaban J connectivity index is 1.91. The van der Waals surface area contributed by atoms with E-state index >= 15 is 0 Å². The highest BCUT2D eigenvalue weighted by atomic mass is 32.2. The Morgan fingerprint density at radius 2 is 2.14 bits per heavy atom. The fraction of sp³-hybridized carbons (Fsp3) is 0.650. The summed E-state index contributed by atoms with van der Waals surface area (Å²) in [5.74, 6) is 2.02. The predicted octanol–water partition coefficient (Wildman–Crippen LogP) is 1.40. The molecule has 1 atom stereocenters. The van der Waals surface area contributed by atoms with Gasteiger partial charge in [-0.1, -0.05) is 12.1 Å². The Hall–Kier alpha value is -1.84. The molecule has 29 heavy (non-hydrogen) atoms. The predicted molar refractivity (Wildman–Crippen MR) is 116 cm³/mol. The van der Waals surface area contributed by atoms with Crippen LogP contribution in [0.25, 0.3) is 0 Å². The standard InChI is InChI=1S/C20H34N4O4S/c1-4-21-20(22-9-5-10-24-29(3,25)26)23-13-18-7-6-16(2)12-19(18)28-15-17-8-11-27-14-17/h6-7,12,17,24H,4-5,8-11,13-15H2,1-3H3,(H2,21,22,23). The fourth-order valence-electron chi connectivity index (χ4n) is 2.91. The molecule has 164 valence electrons. The summed E-state index contributed by atoms with van der Waals surface area (Å²) in [5, 5.41) is 6.44. The van der Waals surface area contributed by atoms with Crippen molar-refractivity contribution < 1.29 is 17.9 Å². The molecule has 1 aromatic rings. The number of benzene rings is 1. The minimum Gasteiger partial charge on any atom is -0.493 e. The first-order chi connectivity index (χ1) is 13.9. The van der Waals surface area contributed by atoms with Crippen LogP contribution < -0.4 is 20.1 Å². The Kier molecular flexibility index (Phi) is 9.69. The van der Waals surface area contributed by atoms with Crippen LogP contribution in [-0.2, 0) is 21.3 Å². The Bertz CT molecular complexity index is 762. The summed E-state index contributed by atoms with van der Waals surface area (Å²) in [6.45, 7) is 8.55. The number of aryl methyl sites for hydroxylation is 1. The van der Waals surface area contributed by atoms with Crippen molar-refractivity contribution in [3.05, 3.63) is 29.3 Å². The highest BCUT2D eigenvalue weighted by molar-refractivity contribution is 7.88. The van der Waals surface area contributed by atoms with Gasteiger partial charge in [-0.3, -0.25) is 0 Å². The van der Waals surface area contributed by atoms with E-state index in [4.69, 9.17) is 9.47 Å². The quantitative estimate of drug-likeness (QED) is 0.281. The summed E-state index contributed by atoms with van der Waals surface area (Å²) in [6, 6.07) is 6.17. The van der Waals surface area contributed by atoms with Crippen LogP contribution in [0.1, 0.15) is 30.9 Å². The second kappa shape index (κ2) is 12.0. The lowest BCUT2D eigenvalue weighted by Gasteiger charge is -2.15. The smallest absolute Gasteiger partial charge is 0.208 e. The molecular formula is C20H34N4O4S. The molecule has 0 amide bonds. The first kappa shape index (κ1) is 23.4. The Morgan fingerprint density at radius 3 is 2.83 bits per heavy atom. The lowest BCUT2D eigenvalue weighted by molar-refractivity contribution is 0.166. The molecule has 1 saturated heterocycles. The molecule has 2 rings (SSSR count). The van der Waals surface area contributed by atoms with Crippen LogP contribution in [0.2, 0.25) is 0 Å². The summed E-state index contributed by atoms with van der Waals surface area (Å²) >= 11 is 0. The van der Waals surface area contributed by atoms with E-state index in [0.717, 1.165) is 49.3 Å². The molecule has 1 fully saturated rings. The molecule has 8 nitrogen and oxygen atoms in total. The third-order valence-electron chi connectivity index (χ3n) is 4.48. The van der Waals surface area contributed by atoms with Gasteiger partial charge in [0.25, 0.3) is 0 Å². The van der Waals surface area contributed by atoms with Gasteiger partial charge in [-0.2, -0.15) is 0 Å². The number of nitrogens with one attached hydrogen (secondary N) is 3. The highest BCUT2D eigenvalue weighted by Crippen LogP contribution is 2.23. The molecule has 0 radical (unpaired) electrons. The minimum atomic E-state index is -3.15. The third kappa shape index (κ3) is 9.47. The van der Waals surface area contributed by atoms with Crippen LogP contribution in [-0.4, -0.2) is 60.1 Å². The number of sulfonamides is 1. The summed E-state index contributed by atoms with van der Waals surface area (Å²) in [5.41, 5.74) is 2.18. The number of rotatable bonds is 11. The maximum absolute atomic E-state index is 11.1. The van der Waals surface area contributed by atoms with Gasteiger partial charge in [0.2, 0.25) is 10.0 Å². The largest absolute Gasteiger partial charge is 0.493 e. The zero-order chi connectivity index (χ0) is 21.1. The number of ether oxygens (including phenoxy) is 2. The van der Waals surface area contributed by atoms with Gasteiger partial charge in [-0.25, -0.2) is 18.1 Å². The van der Waals surface area contributed by atoms with Crippen molar-refractivity contribution in [2.45, 2.75) is 33.2 Å². The van der Waals surface area contributed by atoms with E-state index in [9.17, 15) is 8.42 Å². The van der Waals surface area contributed by atoms with Gasteiger partial charge in [0, 0.05) is 37.7 Å². The third-order valence-corrected chi connectivity index (χ3v) is 5.21. The average Bonchev–Trinajstić information content (AvgIpc) is 3.17. The van der Waals surface area contributed by atoms with Crippen molar-refractivity contribution in [1.82, 2.24) is 15.4 Å². The number of aliphatic imine (C=N–C) groups is 1. The molecule has 0 spiro atoms. The maximum Gasteiger partial charge on any atom is 0.208 e. The highest BCUT2D eigenvalue weighted by Gasteiger charge is 2.17. The van der Waals surface area contributed by atoms with E-state index in [1.54, 1.807) is 0 Å². The van der Waals surface area contributed by atoms with Crippen molar-refractivity contribution in [2.24, 2.45) is 10.9 Å². The molecule has 0 aromatic heterocycles. The molecule has 9 heteroatoms. The van der Waals surface area contributed by atoms with Crippen molar-refractivity contribution in [3.8, 4) is 5.75 Å². The number of nitrogens with zero attached hydrogens (tertiary/aromatic N) is 1. The van der Waals surface area contributed by atoms with E-state index in [-0.39, 0.29) is 0 Å². The number of hydrogen-bond donors (Lipinski definition) is 3. The molecule has 1 aliphatic rings. The molecule has 0 saturated carbocycles. The molecule has 0 aliphatic carbocycles. The van der Waals surface area contributed by atoms with E-state index in [1.807, 2.05) is 6.92 Å². The number of guanidine groups is 1. The lowest BCUT2D eigenvalue weighted by Crippen LogP contribution is -2.38. The van der Waals surface area contributed by atoms with E-state index < -0.39 is 10.0 Å². The molecule has 1 heterocycles. The molecule has 1 unspecified atom stereocenters. The normalized spacial score (nSPS) is 17.3. The first-order valence-corrected chi connectivity index (χ1v) is 12.0. The number of hydrogen-bond acceptors (Lipinski definition) is 5. The Morgan fingerprint density at radius 1 is 1.31 bits per heavy atom. The molecule has 3 N–H and O–H groups in total. The van der Waals surface area contributed by atoms with Crippen molar-refractivity contribution in [2.75, 3.05) is 45.7 Å². The van der Waals surface area contributed by atoms with E-state index in [1.165, 1.54) is 0 Å². The monoisotopic (exact) mass is 426 g/mol. The summed E-state index contributed by atoms with van der Waals surface area (Å²) in [7, 11) is -3.15. The van der Waals surface area contributed by atoms with E-state index in [2.05, 4.69) is 45.5 Å². The van der Waals surface area contributed by atoms with E-state index in [0.29, 0.717) is 44.5 Å². The Labute approximate surface area is 174 Å². The summed E-state index contributed by atoms with van der Waals surface area (Å²) < 4.78 is 36.2. The molecule has 0 bridgehead atoms. The van der Waals surface area contributed by atoms with Gasteiger partial charge < -0.3 is 20.1 Å². The van der Waals surface area contributed by atoms with Crippen LogP contribution in [0.5, 0.6) is 5.75 Å². The minimum absolute atomic E-state index is 0.395. The fourth-order valence-corrected chi connectivity index (χ4v) is 3.42. The zero-order valence-corrected chi connectivity index (χ0v) is 18.5. The van der Waals surface area contributed by atoms with Gasteiger partial charge >= 0.3 is 0 Å². The van der Waals surface area contributed by atoms with Gasteiger partial charge in [0.1, 0.15) is 5.75 Å². The van der Waals surface area contributed by atoms with Crippen LogP contribution >= 0.6 is 0 Å². The van der Waals surface area contributed by atoms with Crippen LogP contribution in [0, 0.1) is 12.8 Å². The SMILES string of the molecule is CCNC(=NCc1ccc(C)cc1OCC1CCOC1)NCCCNS(C)(=O)=O. The summed E-state index contributed by atoms with van der Waals surface area (Å²) in [4.78, 5) is 4.65. The molecular weight excluding hydrogens is 392 g/mol. The second-order valence-corrected chi connectivity index (χ2v) is 9.13. The second-order valence-electron chi connectivity index (χ2n) is 7.29. The van der Waals surface area contributed by atoms with Crippen LogP contribution in [0.3, 0.4) is 0 Å². The van der Waals surface area contributed by atoms with Gasteiger partial charge in [-0.15, -0.1) is 0 Å². The topological polar surface area (TPSA) is 101 Å². The van der Waals surface area contributed by atoms with Gasteiger partial charge in [0.15, 0.2) is 5.96 Å². The first-order valence-electron chi connectivity index (χ1n) is 10.1. The average molecular weight is 427 g/mol. The van der Waals surface area contributed by atoms with Gasteiger partial charge in [0.05, 0.1) is 26.0 Å².